The number of carbonyl (C=O) groups excluding carboxylic acids is 3. The van der Waals surface area contributed by atoms with Gasteiger partial charge in [-0.2, -0.15) is 5.10 Å². The highest BCUT2D eigenvalue weighted by atomic mass is 16.6. The van der Waals surface area contributed by atoms with E-state index in [0.717, 1.165) is 0 Å². The molecule has 0 spiro atoms. The Balaban J connectivity index is 1.95. The monoisotopic (exact) mass is 398 g/mol. The van der Waals surface area contributed by atoms with E-state index in [1.165, 1.54) is 36.0 Å². The summed E-state index contributed by atoms with van der Waals surface area (Å²) in [6, 6.07) is 12.5. The average molecular weight is 398 g/mol. The van der Waals surface area contributed by atoms with E-state index in [1.807, 2.05) is 0 Å². The van der Waals surface area contributed by atoms with E-state index in [2.05, 4.69) is 15.8 Å². The Morgan fingerprint density at radius 1 is 1.00 bits per heavy atom. The summed E-state index contributed by atoms with van der Waals surface area (Å²) in [6.45, 7) is 5.31. The van der Waals surface area contributed by atoms with Crippen molar-refractivity contribution in [1.82, 2.24) is 10.9 Å². The fraction of sp³-hybridized carbons (Fsp3) is 0.200. The van der Waals surface area contributed by atoms with Crippen LogP contribution in [0.2, 0.25) is 0 Å². The van der Waals surface area contributed by atoms with Gasteiger partial charge >= 0.3 is 6.09 Å². The van der Waals surface area contributed by atoms with Gasteiger partial charge in [0.1, 0.15) is 5.60 Å². The number of ether oxygens (including phenoxy) is 1. The predicted octanol–water partition coefficient (Wildman–Crippen LogP) is 2.92. The lowest BCUT2D eigenvalue weighted by Crippen LogP contribution is -2.27. The van der Waals surface area contributed by atoms with Gasteiger partial charge in [-0.05, 0) is 62.7 Å². The summed E-state index contributed by atoms with van der Waals surface area (Å²) in [5.74, 6) is -1.14. The molecule has 0 fully saturated rings. The number of nitrogens with one attached hydrogen (secondary N) is 3. The third-order valence-electron chi connectivity index (χ3n) is 3.42. The van der Waals surface area contributed by atoms with Gasteiger partial charge in [-0.25, -0.2) is 15.7 Å². The number of hydrazone groups is 1. The number of rotatable bonds is 5. The lowest BCUT2D eigenvalue weighted by atomic mass is 10.1. The van der Waals surface area contributed by atoms with Crippen LogP contribution in [-0.4, -0.2) is 34.9 Å². The second-order valence-corrected chi connectivity index (χ2v) is 6.97. The van der Waals surface area contributed by atoms with Crippen LogP contribution in [0.15, 0.2) is 53.6 Å². The van der Waals surface area contributed by atoms with Crippen molar-refractivity contribution in [3.05, 3.63) is 65.2 Å². The van der Waals surface area contributed by atoms with Gasteiger partial charge < -0.3 is 4.74 Å². The predicted molar refractivity (Wildman–Crippen MR) is 107 cm³/mol. The van der Waals surface area contributed by atoms with Crippen molar-refractivity contribution in [2.24, 2.45) is 5.10 Å². The molecule has 0 aliphatic rings. The van der Waals surface area contributed by atoms with Gasteiger partial charge in [0.2, 0.25) is 0 Å². The van der Waals surface area contributed by atoms with E-state index in [4.69, 9.17) is 9.94 Å². The Morgan fingerprint density at radius 3 is 2.21 bits per heavy atom. The molecule has 2 aromatic rings. The molecule has 3 amide bonds. The molecule has 2 rings (SSSR count). The number of nitrogens with zero attached hydrogens (tertiary/aromatic N) is 1. The van der Waals surface area contributed by atoms with E-state index in [0.29, 0.717) is 11.3 Å². The summed E-state index contributed by atoms with van der Waals surface area (Å²) in [6.07, 6.45) is 0.851. The van der Waals surface area contributed by atoms with Crippen LogP contribution < -0.4 is 16.2 Å². The third-order valence-corrected chi connectivity index (χ3v) is 3.42. The first-order chi connectivity index (χ1) is 13.7. The van der Waals surface area contributed by atoms with Gasteiger partial charge in [0, 0.05) is 16.8 Å². The molecule has 0 atom stereocenters. The number of anilines is 1. The Hall–Kier alpha value is -3.72. The molecular formula is C20H22N4O5. The number of benzene rings is 2. The molecule has 0 aliphatic carbocycles. The van der Waals surface area contributed by atoms with Crippen LogP contribution in [0.25, 0.3) is 0 Å². The number of carbonyl (C=O) groups is 3. The minimum Gasteiger partial charge on any atom is -0.444 e. The highest BCUT2D eigenvalue weighted by molar-refractivity contribution is 5.97. The van der Waals surface area contributed by atoms with Crippen molar-refractivity contribution in [1.29, 1.82) is 0 Å². The minimum absolute atomic E-state index is 0.210. The molecule has 0 aromatic heterocycles. The fourth-order valence-electron chi connectivity index (χ4n) is 2.19. The number of hydroxylamine groups is 1. The summed E-state index contributed by atoms with van der Waals surface area (Å²) in [7, 11) is 0. The van der Waals surface area contributed by atoms with Gasteiger partial charge in [-0.15, -0.1) is 0 Å². The Morgan fingerprint density at radius 2 is 1.62 bits per heavy atom. The average Bonchev–Trinajstić information content (AvgIpc) is 2.66. The van der Waals surface area contributed by atoms with Crippen LogP contribution in [-0.2, 0) is 4.74 Å². The lowest BCUT2D eigenvalue weighted by molar-refractivity contribution is 0.0635. The first-order valence-electron chi connectivity index (χ1n) is 8.66. The molecule has 0 aliphatic heterocycles. The molecule has 2 aromatic carbocycles. The quantitative estimate of drug-likeness (QED) is 0.350. The zero-order valence-corrected chi connectivity index (χ0v) is 16.2. The molecule has 9 heteroatoms. The van der Waals surface area contributed by atoms with E-state index in [9.17, 15) is 14.4 Å². The summed E-state index contributed by atoms with van der Waals surface area (Å²) >= 11 is 0. The minimum atomic E-state index is -0.671. The SMILES string of the molecule is CC(C)(C)OC(=O)Nc1cccc(/C=N/NC(=O)c2ccc(C(=O)NO)cc2)c1. The molecule has 29 heavy (non-hydrogen) atoms. The van der Waals surface area contributed by atoms with Gasteiger partial charge in [0.15, 0.2) is 0 Å². The second-order valence-electron chi connectivity index (χ2n) is 6.97. The molecule has 0 saturated heterocycles. The normalized spacial score (nSPS) is 11.0. The van der Waals surface area contributed by atoms with Crippen LogP contribution in [0.4, 0.5) is 10.5 Å². The van der Waals surface area contributed by atoms with Crippen molar-refractivity contribution in [2.75, 3.05) is 5.32 Å². The van der Waals surface area contributed by atoms with E-state index >= 15 is 0 Å². The second kappa shape index (κ2) is 9.47. The molecule has 0 heterocycles. The van der Waals surface area contributed by atoms with Crippen LogP contribution in [0, 0.1) is 0 Å². The topological polar surface area (TPSA) is 129 Å². The first kappa shape index (κ1) is 21.6. The van der Waals surface area contributed by atoms with Gasteiger partial charge in [-0.1, -0.05) is 12.1 Å². The van der Waals surface area contributed by atoms with E-state index < -0.39 is 23.5 Å². The molecule has 0 radical (unpaired) electrons. The molecule has 0 bridgehead atoms. The Kier molecular flexibility index (Phi) is 7.05. The summed E-state index contributed by atoms with van der Waals surface area (Å²) in [5.41, 5.74) is 4.95. The fourth-order valence-corrected chi connectivity index (χ4v) is 2.19. The molecule has 152 valence electrons. The molecule has 0 unspecified atom stereocenters. The van der Waals surface area contributed by atoms with Crippen molar-refractivity contribution in [2.45, 2.75) is 26.4 Å². The van der Waals surface area contributed by atoms with Crippen molar-refractivity contribution >= 4 is 29.8 Å². The van der Waals surface area contributed by atoms with Crippen molar-refractivity contribution in [3.8, 4) is 0 Å². The Labute approximate surface area is 167 Å². The largest absolute Gasteiger partial charge is 0.444 e. The third kappa shape index (κ3) is 7.07. The number of hydrogen-bond donors (Lipinski definition) is 4. The van der Waals surface area contributed by atoms with E-state index in [1.54, 1.807) is 45.0 Å². The van der Waals surface area contributed by atoms with Crippen LogP contribution in [0.3, 0.4) is 0 Å². The molecule has 9 nitrogen and oxygen atoms in total. The lowest BCUT2D eigenvalue weighted by Gasteiger charge is -2.19. The number of hydrogen-bond acceptors (Lipinski definition) is 6. The first-order valence-corrected chi connectivity index (χ1v) is 8.66. The molecule has 0 saturated carbocycles. The van der Waals surface area contributed by atoms with Gasteiger partial charge in [-0.3, -0.25) is 20.1 Å². The zero-order chi connectivity index (χ0) is 21.4. The Bertz CT molecular complexity index is 917. The smallest absolute Gasteiger partial charge is 0.412 e. The molecular weight excluding hydrogens is 376 g/mol. The van der Waals surface area contributed by atoms with Gasteiger partial charge in [0.25, 0.3) is 11.8 Å². The maximum Gasteiger partial charge on any atom is 0.412 e. The maximum atomic E-state index is 12.1. The highest BCUT2D eigenvalue weighted by Crippen LogP contribution is 2.13. The van der Waals surface area contributed by atoms with Crippen LogP contribution in [0.5, 0.6) is 0 Å². The highest BCUT2D eigenvalue weighted by Gasteiger charge is 2.16. The van der Waals surface area contributed by atoms with E-state index in [-0.39, 0.29) is 11.1 Å². The summed E-state index contributed by atoms with van der Waals surface area (Å²) < 4.78 is 5.19. The van der Waals surface area contributed by atoms with Crippen molar-refractivity contribution < 1.29 is 24.3 Å². The van der Waals surface area contributed by atoms with Crippen LogP contribution in [0.1, 0.15) is 47.1 Å². The standard InChI is InChI=1S/C20H22N4O5/c1-20(2,3)29-19(27)22-16-6-4-5-13(11-16)12-21-23-17(25)14-7-9-15(10-8-14)18(26)24-28/h4-12,28H,1-3H3,(H,22,27)(H,23,25)(H,24,26)/b21-12+. The van der Waals surface area contributed by atoms with Crippen molar-refractivity contribution in [3.63, 3.8) is 0 Å². The van der Waals surface area contributed by atoms with Gasteiger partial charge in [0.05, 0.1) is 6.21 Å². The zero-order valence-electron chi connectivity index (χ0n) is 16.2. The number of amides is 3. The summed E-state index contributed by atoms with van der Waals surface area (Å²) in [5, 5.41) is 15.1. The molecule has 4 N–H and O–H groups in total. The van der Waals surface area contributed by atoms with Crippen LogP contribution >= 0.6 is 0 Å². The summed E-state index contributed by atoms with van der Waals surface area (Å²) in [4.78, 5) is 35.2. The maximum absolute atomic E-state index is 12.1.